The molecule has 1 atom stereocenters. The van der Waals surface area contributed by atoms with Crippen molar-refractivity contribution in [1.82, 2.24) is 5.32 Å². The number of para-hydroxylation sites is 1. The number of rotatable bonds is 12. The van der Waals surface area contributed by atoms with Gasteiger partial charge in [0.2, 0.25) is 0 Å². The first kappa shape index (κ1) is 23.5. The molecule has 2 rings (SSSR count). The first-order chi connectivity index (χ1) is 14.4. The van der Waals surface area contributed by atoms with Crippen LogP contribution < -0.4 is 19.5 Å². The number of methoxy groups -OCH3 is 1. The van der Waals surface area contributed by atoms with E-state index in [9.17, 15) is 4.79 Å². The average molecular weight is 416 g/mol. The zero-order valence-electron chi connectivity index (χ0n) is 18.5. The maximum absolute atomic E-state index is 12.6. The molecular formula is C24H33NO5. The highest BCUT2D eigenvalue weighted by Crippen LogP contribution is 2.29. The summed E-state index contributed by atoms with van der Waals surface area (Å²) in [6, 6.07) is 15.2. The maximum atomic E-state index is 12.6. The molecule has 0 bridgehead atoms. The lowest BCUT2D eigenvalue weighted by Gasteiger charge is -2.20. The Bertz CT molecular complexity index is 776. The molecule has 0 heterocycles. The molecule has 0 aliphatic rings. The molecule has 0 saturated carbocycles. The molecular weight excluding hydrogens is 382 g/mol. The van der Waals surface area contributed by atoms with Gasteiger partial charge in [0.05, 0.1) is 19.3 Å². The predicted octanol–water partition coefficient (Wildman–Crippen LogP) is 4.01. The van der Waals surface area contributed by atoms with Gasteiger partial charge in [0.15, 0.2) is 17.6 Å². The summed E-state index contributed by atoms with van der Waals surface area (Å²) in [5, 5.41) is 2.94. The van der Waals surface area contributed by atoms with E-state index in [0.29, 0.717) is 30.2 Å². The van der Waals surface area contributed by atoms with E-state index >= 15 is 0 Å². The first-order valence-electron chi connectivity index (χ1n) is 10.3. The number of nitrogens with one attached hydrogen (secondary N) is 1. The van der Waals surface area contributed by atoms with Crippen molar-refractivity contribution < 1.29 is 23.7 Å². The summed E-state index contributed by atoms with van der Waals surface area (Å²) in [4.78, 5) is 12.6. The lowest BCUT2D eigenvalue weighted by Crippen LogP contribution is -2.42. The minimum atomic E-state index is -0.679. The van der Waals surface area contributed by atoms with Gasteiger partial charge in [0, 0.05) is 6.54 Å². The molecule has 0 unspecified atom stereocenters. The van der Waals surface area contributed by atoms with E-state index in [-0.39, 0.29) is 24.7 Å². The summed E-state index contributed by atoms with van der Waals surface area (Å²) < 4.78 is 22.6. The summed E-state index contributed by atoms with van der Waals surface area (Å²) in [5.41, 5.74) is 1.05. The maximum Gasteiger partial charge on any atom is 0.252 e. The van der Waals surface area contributed by atoms with Gasteiger partial charge in [-0.15, -0.1) is 0 Å². The number of ether oxygens (including phenoxy) is 4. The summed E-state index contributed by atoms with van der Waals surface area (Å²) in [5.74, 6) is 1.92. The summed E-state index contributed by atoms with van der Waals surface area (Å²) in [6.45, 7) is 8.38. The molecule has 2 aromatic carbocycles. The molecule has 164 valence electrons. The second-order valence-electron chi connectivity index (χ2n) is 7.49. The van der Waals surface area contributed by atoms with Gasteiger partial charge in [-0.3, -0.25) is 4.79 Å². The summed E-state index contributed by atoms with van der Waals surface area (Å²) in [7, 11) is 1.62. The third-order valence-corrected chi connectivity index (χ3v) is 4.18. The molecule has 30 heavy (non-hydrogen) atoms. The van der Waals surface area contributed by atoms with Crippen molar-refractivity contribution in [3.63, 3.8) is 0 Å². The number of amides is 1. The van der Waals surface area contributed by atoms with E-state index in [4.69, 9.17) is 18.9 Å². The van der Waals surface area contributed by atoms with Crippen LogP contribution in [0.5, 0.6) is 17.2 Å². The van der Waals surface area contributed by atoms with Gasteiger partial charge >= 0.3 is 0 Å². The Morgan fingerprint density at radius 2 is 1.70 bits per heavy atom. The second kappa shape index (κ2) is 12.1. The fourth-order valence-electron chi connectivity index (χ4n) is 2.86. The van der Waals surface area contributed by atoms with Crippen molar-refractivity contribution in [2.24, 2.45) is 0 Å². The van der Waals surface area contributed by atoms with Crippen LogP contribution in [0.3, 0.4) is 0 Å². The van der Waals surface area contributed by atoms with Crippen LogP contribution in [-0.2, 0) is 16.0 Å². The van der Waals surface area contributed by atoms with E-state index in [1.807, 2.05) is 76.2 Å². The predicted molar refractivity (Wildman–Crippen MR) is 117 cm³/mol. The van der Waals surface area contributed by atoms with E-state index < -0.39 is 6.10 Å². The van der Waals surface area contributed by atoms with Crippen LogP contribution in [0.1, 0.15) is 33.3 Å². The van der Waals surface area contributed by atoms with Crippen LogP contribution in [0.2, 0.25) is 0 Å². The SMILES string of the molecule is COc1cc(CCNC(=O)[C@@H](COc2ccccc2)OC(C)C)ccc1OC(C)C. The minimum Gasteiger partial charge on any atom is -0.493 e. The third-order valence-electron chi connectivity index (χ3n) is 4.18. The molecule has 6 heteroatoms. The number of carbonyl (C=O) groups excluding carboxylic acids is 1. The normalized spacial score (nSPS) is 12.0. The molecule has 0 fully saturated rings. The molecule has 0 radical (unpaired) electrons. The quantitative estimate of drug-likeness (QED) is 0.567. The zero-order chi connectivity index (χ0) is 21.9. The number of hydrogen-bond donors (Lipinski definition) is 1. The number of hydrogen-bond acceptors (Lipinski definition) is 5. The van der Waals surface area contributed by atoms with Gasteiger partial charge in [-0.25, -0.2) is 0 Å². The Balaban J connectivity index is 1.89. The molecule has 0 aromatic heterocycles. The van der Waals surface area contributed by atoms with Crippen LogP contribution in [0.15, 0.2) is 48.5 Å². The van der Waals surface area contributed by atoms with Crippen molar-refractivity contribution in [3.8, 4) is 17.2 Å². The summed E-state index contributed by atoms with van der Waals surface area (Å²) >= 11 is 0. The van der Waals surface area contributed by atoms with Crippen molar-refractivity contribution in [2.45, 2.75) is 52.4 Å². The lowest BCUT2D eigenvalue weighted by molar-refractivity contribution is -0.137. The molecule has 0 aliphatic heterocycles. The molecule has 0 saturated heterocycles. The van der Waals surface area contributed by atoms with Crippen LogP contribution in [0, 0.1) is 0 Å². The molecule has 0 spiro atoms. The third kappa shape index (κ3) is 7.95. The van der Waals surface area contributed by atoms with Gasteiger partial charge in [0.25, 0.3) is 5.91 Å². The van der Waals surface area contributed by atoms with E-state index in [1.54, 1.807) is 7.11 Å². The van der Waals surface area contributed by atoms with E-state index in [2.05, 4.69) is 5.32 Å². The van der Waals surface area contributed by atoms with Crippen molar-refractivity contribution in [1.29, 1.82) is 0 Å². The van der Waals surface area contributed by atoms with Gasteiger partial charge < -0.3 is 24.3 Å². The van der Waals surface area contributed by atoms with Crippen molar-refractivity contribution in [3.05, 3.63) is 54.1 Å². The van der Waals surface area contributed by atoms with Gasteiger partial charge in [-0.05, 0) is 63.9 Å². The molecule has 2 aromatic rings. The van der Waals surface area contributed by atoms with Gasteiger partial charge in [-0.2, -0.15) is 0 Å². The van der Waals surface area contributed by atoms with E-state index in [0.717, 1.165) is 5.56 Å². The van der Waals surface area contributed by atoms with Crippen LogP contribution in [0.4, 0.5) is 0 Å². The van der Waals surface area contributed by atoms with Crippen molar-refractivity contribution in [2.75, 3.05) is 20.3 Å². The monoisotopic (exact) mass is 415 g/mol. The first-order valence-corrected chi connectivity index (χ1v) is 10.3. The van der Waals surface area contributed by atoms with Gasteiger partial charge in [-0.1, -0.05) is 24.3 Å². The fourth-order valence-corrected chi connectivity index (χ4v) is 2.86. The largest absolute Gasteiger partial charge is 0.493 e. The Kier molecular flexibility index (Phi) is 9.48. The molecule has 0 aliphatic carbocycles. The lowest BCUT2D eigenvalue weighted by atomic mass is 10.1. The molecule has 1 amide bonds. The Hall–Kier alpha value is -2.73. The highest BCUT2D eigenvalue weighted by molar-refractivity contribution is 5.81. The molecule has 6 nitrogen and oxygen atoms in total. The minimum absolute atomic E-state index is 0.0695. The second-order valence-corrected chi connectivity index (χ2v) is 7.49. The summed E-state index contributed by atoms with van der Waals surface area (Å²) in [6.07, 6.45) is -0.0302. The zero-order valence-corrected chi connectivity index (χ0v) is 18.5. The topological polar surface area (TPSA) is 66.0 Å². The van der Waals surface area contributed by atoms with Crippen LogP contribution in [0.25, 0.3) is 0 Å². The smallest absolute Gasteiger partial charge is 0.252 e. The average Bonchev–Trinajstić information content (AvgIpc) is 2.72. The van der Waals surface area contributed by atoms with Crippen LogP contribution in [-0.4, -0.2) is 44.5 Å². The van der Waals surface area contributed by atoms with E-state index in [1.165, 1.54) is 0 Å². The highest BCUT2D eigenvalue weighted by Gasteiger charge is 2.21. The Morgan fingerprint density at radius 3 is 2.33 bits per heavy atom. The standard InChI is InChI=1S/C24H33NO5/c1-17(2)29-21-12-11-19(15-22(21)27-5)13-14-25-24(26)23(30-18(3)4)16-28-20-9-7-6-8-10-20/h6-12,15,17-18,23H,13-14,16H2,1-5H3,(H,25,26)/t23-/m1/s1. The molecule has 1 N–H and O–H groups in total. The van der Waals surface area contributed by atoms with Crippen LogP contribution >= 0.6 is 0 Å². The van der Waals surface area contributed by atoms with Gasteiger partial charge in [0.1, 0.15) is 12.4 Å². The Morgan fingerprint density at radius 1 is 0.967 bits per heavy atom. The fraction of sp³-hybridized carbons (Fsp3) is 0.458. The number of benzene rings is 2. The number of carbonyl (C=O) groups is 1. The Labute approximate surface area is 179 Å². The highest BCUT2D eigenvalue weighted by atomic mass is 16.5. The van der Waals surface area contributed by atoms with Crippen molar-refractivity contribution >= 4 is 5.91 Å².